The number of halogens is 3. The summed E-state index contributed by atoms with van der Waals surface area (Å²) in [6.07, 6.45) is -4.89. The van der Waals surface area contributed by atoms with E-state index in [9.17, 15) is 22.8 Å². The van der Waals surface area contributed by atoms with Gasteiger partial charge < -0.3 is 19.6 Å². The first-order chi connectivity index (χ1) is 12.1. The molecule has 26 heavy (non-hydrogen) atoms. The first-order valence-corrected chi connectivity index (χ1v) is 7.23. The fourth-order valence-electron chi connectivity index (χ4n) is 2.07. The molecule has 2 rings (SSSR count). The van der Waals surface area contributed by atoms with Crippen LogP contribution in [0.25, 0.3) is 11.4 Å². The summed E-state index contributed by atoms with van der Waals surface area (Å²) in [4.78, 5) is 27.2. The summed E-state index contributed by atoms with van der Waals surface area (Å²) in [5, 5.41) is 21.2. The predicted octanol–water partition coefficient (Wildman–Crippen LogP) is 1.20. The molecule has 1 atom stereocenters. The third kappa shape index (κ3) is 4.36. The van der Waals surface area contributed by atoms with Gasteiger partial charge in [0.2, 0.25) is 11.7 Å². The molecular weight excluding hydrogens is 359 g/mol. The number of carbonyl (C=O) groups excluding carboxylic acids is 1. The monoisotopic (exact) mass is 373 g/mol. The minimum atomic E-state index is -4.74. The van der Waals surface area contributed by atoms with Crippen LogP contribution in [0.3, 0.4) is 0 Å². The van der Waals surface area contributed by atoms with Gasteiger partial charge in [0.25, 0.3) is 0 Å². The van der Waals surface area contributed by atoms with E-state index < -0.39 is 36.6 Å². The molecule has 0 fully saturated rings. The molecule has 0 aliphatic rings. The van der Waals surface area contributed by atoms with E-state index in [1.54, 1.807) is 0 Å². The molecule has 2 N–H and O–H groups in total. The largest absolute Gasteiger partial charge is 0.480 e. The number of likely N-dealkylation sites (N-methyl/N-ethyl adjacent to an activating group) is 1. The molecule has 11 heteroatoms. The minimum absolute atomic E-state index is 0.152. The quantitative estimate of drug-likeness (QED) is 0.781. The van der Waals surface area contributed by atoms with E-state index in [0.29, 0.717) is 5.56 Å². The van der Waals surface area contributed by atoms with Crippen molar-refractivity contribution >= 4 is 11.9 Å². The van der Waals surface area contributed by atoms with Crippen LogP contribution >= 0.6 is 0 Å². The maximum Gasteiger partial charge on any atom is 0.471 e. The summed E-state index contributed by atoms with van der Waals surface area (Å²) in [6.45, 7) is -0.726. The Labute approximate surface area is 144 Å². The SMILES string of the molecule is CN(C(=O)Cc1ccc(-c2noc(C(F)(F)F)n2)cc1)[C@@H](CO)C(=O)O. The highest BCUT2D eigenvalue weighted by Crippen LogP contribution is 2.29. The Kier molecular flexibility index (Phi) is 5.60. The summed E-state index contributed by atoms with van der Waals surface area (Å²) < 4.78 is 41.5. The van der Waals surface area contributed by atoms with Gasteiger partial charge in [0.05, 0.1) is 13.0 Å². The first kappa shape index (κ1) is 19.4. The van der Waals surface area contributed by atoms with Crippen molar-refractivity contribution in [1.82, 2.24) is 15.0 Å². The Bertz CT molecular complexity index is 789. The van der Waals surface area contributed by atoms with Crippen molar-refractivity contribution in [3.63, 3.8) is 0 Å². The number of nitrogens with zero attached hydrogens (tertiary/aromatic N) is 3. The zero-order valence-electron chi connectivity index (χ0n) is 13.4. The zero-order valence-corrected chi connectivity index (χ0v) is 13.4. The van der Waals surface area contributed by atoms with E-state index in [1.165, 1.54) is 31.3 Å². The highest BCUT2D eigenvalue weighted by Gasteiger charge is 2.38. The van der Waals surface area contributed by atoms with Gasteiger partial charge in [-0.2, -0.15) is 18.2 Å². The predicted molar refractivity (Wildman–Crippen MR) is 79.7 cm³/mol. The van der Waals surface area contributed by atoms with Crippen LogP contribution in [0.4, 0.5) is 13.2 Å². The van der Waals surface area contributed by atoms with Crippen molar-refractivity contribution in [3.8, 4) is 11.4 Å². The van der Waals surface area contributed by atoms with Crippen molar-refractivity contribution in [1.29, 1.82) is 0 Å². The summed E-state index contributed by atoms with van der Waals surface area (Å²) in [5.41, 5.74) is 0.750. The Morgan fingerprint density at radius 1 is 1.27 bits per heavy atom. The van der Waals surface area contributed by atoms with Crippen molar-refractivity contribution in [2.75, 3.05) is 13.7 Å². The summed E-state index contributed by atoms with van der Waals surface area (Å²) in [5.74, 6) is -3.59. The van der Waals surface area contributed by atoms with Gasteiger partial charge in [-0.1, -0.05) is 29.4 Å². The van der Waals surface area contributed by atoms with E-state index >= 15 is 0 Å². The fourth-order valence-corrected chi connectivity index (χ4v) is 2.07. The normalized spacial score (nSPS) is 12.7. The highest BCUT2D eigenvalue weighted by molar-refractivity contribution is 5.85. The van der Waals surface area contributed by atoms with Crippen LogP contribution in [-0.2, 0) is 22.2 Å². The topological polar surface area (TPSA) is 117 Å². The average Bonchev–Trinajstić information content (AvgIpc) is 3.06. The van der Waals surface area contributed by atoms with Crippen LogP contribution in [0.5, 0.6) is 0 Å². The average molecular weight is 373 g/mol. The number of rotatable bonds is 6. The number of carboxylic acid groups (broad SMARTS) is 1. The molecule has 0 radical (unpaired) electrons. The Hall–Kier alpha value is -2.95. The van der Waals surface area contributed by atoms with Crippen LogP contribution in [0.15, 0.2) is 28.8 Å². The van der Waals surface area contributed by atoms with E-state index in [-0.39, 0.29) is 17.8 Å². The number of benzene rings is 1. The molecule has 140 valence electrons. The summed E-state index contributed by atoms with van der Waals surface area (Å²) in [6, 6.07) is 4.41. The standard InChI is InChI=1S/C15H14F3N3O5/c1-21(10(7-22)13(24)25)11(23)6-8-2-4-9(5-3-8)12-19-14(26-20-12)15(16,17)18/h2-5,10,22H,6-7H2,1H3,(H,24,25)/t10-/m0/s1. The van der Waals surface area contributed by atoms with Crippen LogP contribution in [-0.4, -0.2) is 56.8 Å². The van der Waals surface area contributed by atoms with Gasteiger partial charge in [-0.25, -0.2) is 4.79 Å². The molecule has 0 aliphatic carbocycles. The lowest BCUT2D eigenvalue weighted by Crippen LogP contribution is -2.45. The number of alkyl halides is 3. The molecule has 1 aromatic carbocycles. The van der Waals surface area contributed by atoms with Crippen LogP contribution in [0.2, 0.25) is 0 Å². The van der Waals surface area contributed by atoms with Crippen molar-refractivity contribution in [2.45, 2.75) is 18.6 Å². The smallest absolute Gasteiger partial charge is 0.471 e. The Morgan fingerprint density at radius 2 is 1.88 bits per heavy atom. The first-order valence-electron chi connectivity index (χ1n) is 7.23. The van der Waals surface area contributed by atoms with Crippen molar-refractivity contribution in [3.05, 3.63) is 35.7 Å². The Balaban J connectivity index is 2.09. The van der Waals surface area contributed by atoms with Crippen molar-refractivity contribution in [2.24, 2.45) is 0 Å². The van der Waals surface area contributed by atoms with Gasteiger partial charge in [-0.3, -0.25) is 4.79 Å². The second kappa shape index (κ2) is 7.52. The lowest BCUT2D eigenvalue weighted by atomic mass is 10.1. The van der Waals surface area contributed by atoms with Crippen molar-refractivity contribution < 1.29 is 37.5 Å². The summed E-state index contributed by atoms with van der Waals surface area (Å²) in [7, 11) is 1.25. The Morgan fingerprint density at radius 3 is 2.35 bits per heavy atom. The lowest BCUT2D eigenvalue weighted by molar-refractivity contribution is -0.159. The maximum atomic E-state index is 12.5. The molecule has 2 aromatic rings. The van der Waals surface area contributed by atoms with Crippen LogP contribution < -0.4 is 0 Å². The number of hydrogen-bond donors (Lipinski definition) is 2. The second-order valence-electron chi connectivity index (χ2n) is 5.34. The molecular formula is C15H14F3N3O5. The number of aliphatic hydroxyl groups is 1. The molecule has 0 unspecified atom stereocenters. The van der Waals surface area contributed by atoms with Crippen LogP contribution in [0, 0.1) is 0 Å². The molecule has 1 aromatic heterocycles. The van der Waals surface area contributed by atoms with E-state index in [4.69, 9.17) is 10.2 Å². The number of hydrogen-bond acceptors (Lipinski definition) is 6. The molecule has 0 saturated heterocycles. The molecule has 0 bridgehead atoms. The van der Waals surface area contributed by atoms with Gasteiger partial charge in [-0.05, 0) is 5.56 Å². The second-order valence-corrected chi connectivity index (χ2v) is 5.34. The third-order valence-electron chi connectivity index (χ3n) is 3.55. The minimum Gasteiger partial charge on any atom is -0.480 e. The number of aliphatic carboxylic acids is 1. The third-order valence-corrected chi connectivity index (χ3v) is 3.55. The zero-order chi connectivity index (χ0) is 19.5. The van der Waals surface area contributed by atoms with E-state index in [0.717, 1.165) is 4.90 Å². The fraction of sp³-hybridized carbons (Fsp3) is 0.333. The maximum absolute atomic E-state index is 12.5. The molecule has 1 heterocycles. The number of aromatic nitrogens is 2. The van der Waals surface area contributed by atoms with Gasteiger partial charge in [0.15, 0.2) is 6.04 Å². The number of carboxylic acids is 1. The lowest BCUT2D eigenvalue weighted by Gasteiger charge is -2.23. The van der Waals surface area contributed by atoms with Gasteiger partial charge in [0, 0.05) is 12.6 Å². The highest BCUT2D eigenvalue weighted by atomic mass is 19.4. The number of carbonyl (C=O) groups is 2. The number of amides is 1. The molecule has 0 spiro atoms. The van der Waals surface area contributed by atoms with Crippen LogP contribution in [0.1, 0.15) is 11.5 Å². The molecule has 0 aliphatic heterocycles. The van der Waals surface area contributed by atoms with Gasteiger partial charge in [-0.15, -0.1) is 0 Å². The molecule has 8 nitrogen and oxygen atoms in total. The van der Waals surface area contributed by atoms with E-state index in [2.05, 4.69) is 14.7 Å². The summed E-state index contributed by atoms with van der Waals surface area (Å²) >= 11 is 0. The molecule has 1 amide bonds. The molecule has 0 saturated carbocycles. The van der Waals surface area contributed by atoms with Gasteiger partial charge in [0.1, 0.15) is 0 Å². The van der Waals surface area contributed by atoms with E-state index in [1.807, 2.05) is 0 Å². The van der Waals surface area contributed by atoms with Gasteiger partial charge >= 0.3 is 18.0 Å². The number of aliphatic hydroxyl groups excluding tert-OH is 1.